The van der Waals surface area contributed by atoms with Crippen LogP contribution in [0.25, 0.3) is 0 Å². The third kappa shape index (κ3) is 3.89. The highest BCUT2D eigenvalue weighted by molar-refractivity contribution is 6.04. The molecule has 0 heterocycles. The van der Waals surface area contributed by atoms with E-state index in [0.29, 0.717) is 22.8 Å². The number of nitrogen functional groups attached to an aromatic ring is 1. The van der Waals surface area contributed by atoms with Gasteiger partial charge in [-0.3, -0.25) is 0 Å². The highest BCUT2D eigenvalue weighted by Gasteiger charge is 2.07. The van der Waals surface area contributed by atoms with Crippen molar-refractivity contribution in [2.24, 2.45) is 10.7 Å². The van der Waals surface area contributed by atoms with Gasteiger partial charge in [0.05, 0.1) is 5.69 Å². The van der Waals surface area contributed by atoms with Crippen molar-refractivity contribution in [3.05, 3.63) is 83.4 Å². The van der Waals surface area contributed by atoms with Gasteiger partial charge in [0.25, 0.3) is 0 Å². The van der Waals surface area contributed by atoms with Crippen molar-refractivity contribution in [3.8, 4) is 0 Å². The number of hydrogen-bond donors (Lipinski definition) is 4. The van der Waals surface area contributed by atoms with Crippen molar-refractivity contribution in [1.29, 1.82) is 5.41 Å². The van der Waals surface area contributed by atoms with E-state index < -0.39 is 0 Å². The summed E-state index contributed by atoms with van der Waals surface area (Å²) in [5.41, 5.74) is 17.8. The van der Waals surface area contributed by atoms with Gasteiger partial charge in [0.15, 0.2) is 0 Å². The summed E-state index contributed by atoms with van der Waals surface area (Å²) in [4.78, 5) is 4.49. The largest absolute Gasteiger partial charge is 0.398 e. The zero-order valence-electron chi connectivity index (χ0n) is 14.5. The predicted octanol–water partition coefficient (Wildman–Crippen LogP) is 4.36. The van der Waals surface area contributed by atoms with Gasteiger partial charge in [0, 0.05) is 34.4 Å². The molecular weight excluding hydrogens is 322 g/mol. The lowest BCUT2D eigenvalue weighted by Crippen LogP contribution is -2.14. The van der Waals surface area contributed by atoms with Crippen LogP contribution in [0.5, 0.6) is 0 Å². The monoisotopic (exact) mass is 343 g/mol. The molecule has 5 heteroatoms. The van der Waals surface area contributed by atoms with Gasteiger partial charge in [0.1, 0.15) is 5.84 Å². The molecule has 0 aliphatic rings. The number of para-hydroxylation sites is 1. The van der Waals surface area contributed by atoms with Gasteiger partial charge in [-0.2, -0.15) is 0 Å². The molecule has 0 aliphatic carbocycles. The molecule has 3 aromatic carbocycles. The minimum Gasteiger partial charge on any atom is -0.398 e. The average molecular weight is 343 g/mol. The zero-order valence-corrected chi connectivity index (χ0v) is 14.5. The molecule has 0 unspecified atom stereocenters. The molecule has 0 aliphatic heterocycles. The van der Waals surface area contributed by atoms with Crippen LogP contribution in [-0.4, -0.2) is 12.1 Å². The van der Waals surface area contributed by atoms with E-state index in [4.69, 9.17) is 16.9 Å². The second kappa shape index (κ2) is 7.53. The van der Waals surface area contributed by atoms with Crippen LogP contribution in [0.1, 0.15) is 16.7 Å². The minimum absolute atomic E-state index is 0.390. The van der Waals surface area contributed by atoms with Crippen LogP contribution >= 0.6 is 0 Å². The van der Waals surface area contributed by atoms with Crippen molar-refractivity contribution < 1.29 is 0 Å². The SMILES string of the molecule is Cc1ccc(Nc2ccccc2C(N)=Nc2ccc(N)c(C=N)c2)cc1. The highest BCUT2D eigenvalue weighted by Crippen LogP contribution is 2.24. The number of amidine groups is 1. The summed E-state index contributed by atoms with van der Waals surface area (Å²) >= 11 is 0. The third-order valence-electron chi connectivity index (χ3n) is 4.01. The van der Waals surface area contributed by atoms with Crippen molar-refractivity contribution in [1.82, 2.24) is 0 Å². The molecule has 0 atom stereocenters. The lowest BCUT2D eigenvalue weighted by molar-refractivity contribution is 1.42. The molecule has 0 radical (unpaired) electrons. The Bertz CT molecular complexity index is 958. The quantitative estimate of drug-likeness (QED) is 0.315. The van der Waals surface area contributed by atoms with E-state index in [1.54, 1.807) is 18.2 Å². The van der Waals surface area contributed by atoms with Crippen LogP contribution < -0.4 is 16.8 Å². The summed E-state index contributed by atoms with van der Waals surface area (Å²) in [7, 11) is 0. The topological polar surface area (TPSA) is 100 Å². The number of benzene rings is 3. The number of nitrogens with two attached hydrogens (primary N) is 2. The summed E-state index contributed by atoms with van der Waals surface area (Å²) in [6.07, 6.45) is 1.21. The lowest BCUT2D eigenvalue weighted by atomic mass is 10.1. The first-order valence-corrected chi connectivity index (χ1v) is 8.24. The second-order valence-electron chi connectivity index (χ2n) is 5.99. The summed E-state index contributed by atoms with van der Waals surface area (Å²) in [6.45, 7) is 2.05. The Morgan fingerprint density at radius 3 is 2.50 bits per heavy atom. The van der Waals surface area contributed by atoms with E-state index in [1.165, 1.54) is 11.8 Å². The van der Waals surface area contributed by atoms with Crippen LogP contribution in [0, 0.1) is 12.3 Å². The van der Waals surface area contributed by atoms with E-state index in [2.05, 4.69) is 29.4 Å². The van der Waals surface area contributed by atoms with Crippen molar-refractivity contribution >= 4 is 34.8 Å². The maximum atomic E-state index is 7.41. The second-order valence-corrected chi connectivity index (χ2v) is 5.99. The molecule has 0 amide bonds. The number of hydrogen-bond acceptors (Lipinski definition) is 4. The number of rotatable bonds is 5. The molecule has 0 saturated heterocycles. The van der Waals surface area contributed by atoms with Crippen LogP contribution in [-0.2, 0) is 0 Å². The van der Waals surface area contributed by atoms with Crippen LogP contribution in [0.4, 0.5) is 22.7 Å². The summed E-state index contributed by atoms with van der Waals surface area (Å²) in [5, 5.41) is 10.8. The molecule has 5 nitrogen and oxygen atoms in total. The third-order valence-corrected chi connectivity index (χ3v) is 4.01. The molecule has 0 bridgehead atoms. The van der Waals surface area contributed by atoms with E-state index in [-0.39, 0.29) is 0 Å². The normalized spacial score (nSPS) is 11.2. The molecule has 3 aromatic rings. The molecule has 0 aromatic heterocycles. The maximum absolute atomic E-state index is 7.41. The van der Waals surface area contributed by atoms with E-state index in [9.17, 15) is 0 Å². The number of nitrogens with one attached hydrogen (secondary N) is 2. The standard InChI is InChI=1S/C21H21N5/c1-14-6-8-16(9-7-14)25-20-5-3-2-4-18(20)21(24)26-17-10-11-19(23)15(12-17)13-22/h2-13,22,25H,23H2,1H3,(H2,24,26). The highest BCUT2D eigenvalue weighted by atomic mass is 14.9. The van der Waals surface area contributed by atoms with E-state index in [0.717, 1.165) is 16.9 Å². The fourth-order valence-electron chi connectivity index (χ4n) is 2.56. The smallest absolute Gasteiger partial charge is 0.133 e. The van der Waals surface area contributed by atoms with Crippen molar-refractivity contribution in [3.63, 3.8) is 0 Å². The van der Waals surface area contributed by atoms with E-state index >= 15 is 0 Å². The predicted molar refractivity (Wildman–Crippen MR) is 110 cm³/mol. The molecule has 0 saturated carbocycles. The van der Waals surface area contributed by atoms with Gasteiger partial charge in [0.2, 0.25) is 0 Å². The number of aryl methyl sites for hydroxylation is 1. The molecule has 0 fully saturated rings. The van der Waals surface area contributed by atoms with Crippen LogP contribution in [0.15, 0.2) is 71.7 Å². The molecule has 130 valence electrons. The number of aliphatic imine (C=N–C) groups is 1. The fraction of sp³-hybridized carbons (Fsp3) is 0.0476. The lowest BCUT2D eigenvalue weighted by Gasteiger charge is -2.12. The number of anilines is 3. The summed E-state index contributed by atoms with van der Waals surface area (Å²) in [5.74, 6) is 0.390. The van der Waals surface area contributed by atoms with Crippen molar-refractivity contribution in [2.45, 2.75) is 6.92 Å². The Labute approximate surface area is 152 Å². The van der Waals surface area contributed by atoms with Gasteiger partial charge >= 0.3 is 0 Å². The van der Waals surface area contributed by atoms with Gasteiger partial charge in [-0.1, -0.05) is 29.8 Å². The first kappa shape index (κ1) is 17.2. The first-order chi connectivity index (χ1) is 12.6. The van der Waals surface area contributed by atoms with Gasteiger partial charge in [-0.25, -0.2) is 4.99 Å². The zero-order chi connectivity index (χ0) is 18.5. The first-order valence-electron chi connectivity index (χ1n) is 8.24. The van der Waals surface area contributed by atoms with Crippen molar-refractivity contribution in [2.75, 3.05) is 11.1 Å². The number of nitrogens with zero attached hydrogens (tertiary/aromatic N) is 1. The van der Waals surface area contributed by atoms with E-state index in [1.807, 2.05) is 36.4 Å². The molecule has 0 spiro atoms. The average Bonchev–Trinajstić information content (AvgIpc) is 2.65. The minimum atomic E-state index is 0.390. The van der Waals surface area contributed by atoms with Crippen LogP contribution in [0.2, 0.25) is 0 Å². The summed E-state index contributed by atoms with van der Waals surface area (Å²) in [6, 6.07) is 21.2. The molecule has 3 rings (SSSR count). The molecular formula is C21H21N5. The van der Waals surface area contributed by atoms with Gasteiger partial charge in [-0.05, 0) is 49.4 Å². The Morgan fingerprint density at radius 2 is 1.77 bits per heavy atom. The Kier molecular flexibility index (Phi) is 4.99. The Balaban J connectivity index is 1.93. The maximum Gasteiger partial charge on any atom is 0.133 e. The molecule has 26 heavy (non-hydrogen) atoms. The molecule has 6 N–H and O–H groups in total. The van der Waals surface area contributed by atoms with Gasteiger partial charge in [-0.15, -0.1) is 0 Å². The summed E-state index contributed by atoms with van der Waals surface area (Å²) < 4.78 is 0. The van der Waals surface area contributed by atoms with Gasteiger partial charge < -0.3 is 22.2 Å². The Morgan fingerprint density at radius 1 is 1.04 bits per heavy atom. The Hall–Kier alpha value is -3.60. The fourth-order valence-corrected chi connectivity index (χ4v) is 2.56. The van der Waals surface area contributed by atoms with Crippen LogP contribution in [0.3, 0.4) is 0 Å².